The van der Waals surface area contributed by atoms with Gasteiger partial charge in [-0.25, -0.2) is 9.97 Å². The molecule has 0 saturated heterocycles. The summed E-state index contributed by atoms with van der Waals surface area (Å²) in [5.41, 5.74) is 2.09. The Morgan fingerprint density at radius 2 is 2.10 bits per heavy atom. The standard InChI is InChI=1S/C14H20N4OS/c1-5-18(6-2)14(19)10(4)17-13-12-11(15-8-16-13)9(3)7-20-12/h7-8,10H,5-6H2,1-4H3,(H,15,16,17). The molecule has 1 atom stereocenters. The van der Waals surface area contributed by atoms with E-state index in [0.717, 1.165) is 34.7 Å². The van der Waals surface area contributed by atoms with E-state index in [0.29, 0.717) is 0 Å². The Morgan fingerprint density at radius 1 is 1.40 bits per heavy atom. The van der Waals surface area contributed by atoms with Crippen LogP contribution in [0.3, 0.4) is 0 Å². The van der Waals surface area contributed by atoms with Crippen LogP contribution in [0.4, 0.5) is 5.82 Å². The van der Waals surface area contributed by atoms with Crippen LogP contribution in [0.5, 0.6) is 0 Å². The summed E-state index contributed by atoms with van der Waals surface area (Å²) in [6.07, 6.45) is 1.54. The van der Waals surface area contributed by atoms with Crippen LogP contribution in [0.15, 0.2) is 11.7 Å². The van der Waals surface area contributed by atoms with E-state index >= 15 is 0 Å². The van der Waals surface area contributed by atoms with Gasteiger partial charge >= 0.3 is 0 Å². The average Bonchev–Trinajstić information content (AvgIpc) is 2.83. The van der Waals surface area contributed by atoms with Crippen LogP contribution < -0.4 is 5.32 Å². The monoisotopic (exact) mass is 292 g/mol. The third-order valence-electron chi connectivity index (χ3n) is 3.33. The highest BCUT2D eigenvalue weighted by Gasteiger charge is 2.19. The number of fused-ring (bicyclic) bond motifs is 1. The van der Waals surface area contributed by atoms with Crippen LogP contribution in [-0.2, 0) is 4.79 Å². The zero-order valence-electron chi connectivity index (χ0n) is 12.3. The van der Waals surface area contributed by atoms with E-state index in [1.54, 1.807) is 17.7 Å². The number of anilines is 1. The fourth-order valence-corrected chi connectivity index (χ4v) is 3.10. The van der Waals surface area contributed by atoms with Gasteiger partial charge in [-0.05, 0) is 38.6 Å². The summed E-state index contributed by atoms with van der Waals surface area (Å²) < 4.78 is 1.00. The molecule has 0 aromatic carbocycles. The number of hydrogen-bond donors (Lipinski definition) is 1. The molecule has 0 radical (unpaired) electrons. The molecular weight excluding hydrogens is 272 g/mol. The molecule has 2 aromatic rings. The number of aromatic nitrogens is 2. The molecule has 0 bridgehead atoms. The summed E-state index contributed by atoms with van der Waals surface area (Å²) >= 11 is 1.60. The molecule has 0 aliphatic rings. The number of carbonyl (C=O) groups excluding carboxylic acids is 1. The quantitative estimate of drug-likeness (QED) is 0.920. The third kappa shape index (κ3) is 2.75. The Labute approximate surface area is 123 Å². The maximum atomic E-state index is 12.3. The Kier molecular flexibility index (Phi) is 4.54. The van der Waals surface area contributed by atoms with Gasteiger partial charge in [0.25, 0.3) is 0 Å². The second-order valence-electron chi connectivity index (χ2n) is 4.70. The number of rotatable bonds is 5. The first-order valence-electron chi connectivity index (χ1n) is 6.82. The van der Waals surface area contributed by atoms with Gasteiger partial charge in [0, 0.05) is 13.1 Å². The van der Waals surface area contributed by atoms with Gasteiger partial charge in [0.15, 0.2) is 0 Å². The van der Waals surface area contributed by atoms with Gasteiger partial charge in [0.05, 0.1) is 10.2 Å². The Balaban J connectivity index is 2.22. The first kappa shape index (κ1) is 14.7. The fourth-order valence-electron chi connectivity index (χ4n) is 2.15. The summed E-state index contributed by atoms with van der Waals surface area (Å²) in [5.74, 6) is 0.830. The molecule has 0 spiro atoms. The van der Waals surface area contributed by atoms with E-state index in [1.165, 1.54) is 0 Å². The van der Waals surface area contributed by atoms with Gasteiger partial charge in [-0.15, -0.1) is 11.3 Å². The number of aryl methyl sites for hydroxylation is 1. The van der Waals surface area contributed by atoms with Crippen molar-refractivity contribution >= 4 is 33.3 Å². The summed E-state index contributed by atoms with van der Waals surface area (Å²) in [5, 5.41) is 5.27. The zero-order chi connectivity index (χ0) is 14.7. The lowest BCUT2D eigenvalue weighted by Gasteiger charge is -2.23. The number of hydrogen-bond acceptors (Lipinski definition) is 5. The fraction of sp³-hybridized carbons (Fsp3) is 0.500. The van der Waals surface area contributed by atoms with Crippen LogP contribution in [0.2, 0.25) is 0 Å². The molecule has 2 heterocycles. The first-order valence-corrected chi connectivity index (χ1v) is 7.70. The number of nitrogens with one attached hydrogen (secondary N) is 1. The summed E-state index contributed by atoms with van der Waals surface area (Å²) in [4.78, 5) is 22.6. The van der Waals surface area contributed by atoms with Crippen molar-refractivity contribution in [2.45, 2.75) is 33.7 Å². The van der Waals surface area contributed by atoms with E-state index in [1.807, 2.05) is 32.6 Å². The van der Waals surface area contributed by atoms with E-state index in [4.69, 9.17) is 0 Å². The molecule has 0 fully saturated rings. The second-order valence-corrected chi connectivity index (χ2v) is 5.57. The molecule has 1 amide bonds. The Bertz CT molecular complexity index is 606. The molecule has 0 aliphatic carbocycles. The molecule has 20 heavy (non-hydrogen) atoms. The molecule has 108 valence electrons. The molecule has 1 unspecified atom stereocenters. The predicted octanol–water partition coefficient (Wildman–Crippen LogP) is 2.67. The van der Waals surface area contributed by atoms with E-state index in [9.17, 15) is 4.79 Å². The topological polar surface area (TPSA) is 58.1 Å². The number of amides is 1. The average molecular weight is 292 g/mol. The Hall–Kier alpha value is -1.69. The second kappa shape index (κ2) is 6.17. The van der Waals surface area contributed by atoms with Crippen LogP contribution in [0.1, 0.15) is 26.3 Å². The molecule has 1 N–H and O–H groups in total. The van der Waals surface area contributed by atoms with Gasteiger partial charge < -0.3 is 10.2 Å². The molecular formula is C14H20N4OS. The van der Waals surface area contributed by atoms with E-state index < -0.39 is 0 Å². The normalized spacial score (nSPS) is 12.4. The molecule has 5 nitrogen and oxygen atoms in total. The van der Waals surface area contributed by atoms with Crippen LogP contribution in [-0.4, -0.2) is 39.9 Å². The number of likely N-dealkylation sites (N-methyl/N-ethyl adjacent to an activating group) is 1. The maximum Gasteiger partial charge on any atom is 0.244 e. The highest BCUT2D eigenvalue weighted by atomic mass is 32.1. The van der Waals surface area contributed by atoms with Crippen molar-refractivity contribution in [2.75, 3.05) is 18.4 Å². The van der Waals surface area contributed by atoms with E-state index in [2.05, 4.69) is 20.7 Å². The van der Waals surface area contributed by atoms with Crippen molar-refractivity contribution < 1.29 is 4.79 Å². The highest BCUT2D eigenvalue weighted by molar-refractivity contribution is 7.18. The van der Waals surface area contributed by atoms with Gasteiger partial charge in [0.1, 0.15) is 18.2 Å². The molecule has 2 rings (SSSR count). The summed E-state index contributed by atoms with van der Waals surface area (Å²) in [6, 6.07) is -0.296. The van der Waals surface area contributed by atoms with E-state index in [-0.39, 0.29) is 11.9 Å². The maximum absolute atomic E-state index is 12.3. The van der Waals surface area contributed by atoms with Crippen molar-refractivity contribution in [3.63, 3.8) is 0 Å². The van der Waals surface area contributed by atoms with Gasteiger partial charge in [-0.1, -0.05) is 0 Å². The van der Waals surface area contributed by atoms with Crippen LogP contribution in [0, 0.1) is 6.92 Å². The predicted molar refractivity (Wildman–Crippen MR) is 83.2 cm³/mol. The Morgan fingerprint density at radius 3 is 2.75 bits per heavy atom. The lowest BCUT2D eigenvalue weighted by Crippen LogP contribution is -2.41. The van der Waals surface area contributed by atoms with Crippen molar-refractivity contribution in [1.29, 1.82) is 0 Å². The SMILES string of the molecule is CCN(CC)C(=O)C(C)Nc1ncnc2c(C)csc12. The van der Waals surface area contributed by atoms with Gasteiger partial charge in [0.2, 0.25) is 5.91 Å². The molecule has 6 heteroatoms. The lowest BCUT2D eigenvalue weighted by molar-refractivity contribution is -0.131. The smallest absolute Gasteiger partial charge is 0.244 e. The minimum Gasteiger partial charge on any atom is -0.357 e. The minimum atomic E-state index is -0.296. The third-order valence-corrected chi connectivity index (χ3v) is 4.42. The molecule has 2 aromatic heterocycles. The minimum absolute atomic E-state index is 0.0926. The lowest BCUT2D eigenvalue weighted by atomic mass is 10.2. The summed E-state index contributed by atoms with van der Waals surface area (Å²) in [7, 11) is 0. The van der Waals surface area contributed by atoms with Crippen molar-refractivity contribution in [3.05, 3.63) is 17.3 Å². The van der Waals surface area contributed by atoms with Crippen molar-refractivity contribution in [2.24, 2.45) is 0 Å². The van der Waals surface area contributed by atoms with Crippen molar-refractivity contribution in [3.8, 4) is 0 Å². The number of thiophene rings is 1. The highest BCUT2D eigenvalue weighted by Crippen LogP contribution is 2.28. The van der Waals surface area contributed by atoms with Crippen LogP contribution >= 0.6 is 11.3 Å². The van der Waals surface area contributed by atoms with Crippen LogP contribution in [0.25, 0.3) is 10.2 Å². The molecule has 0 aliphatic heterocycles. The first-order chi connectivity index (χ1) is 9.58. The number of carbonyl (C=O) groups is 1. The van der Waals surface area contributed by atoms with Gasteiger partial charge in [-0.3, -0.25) is 4.79 Å². The number of nitrogens with zero attached hydrogens (tertiary/aromatic N) is 3. The molecule has 0 saturated carbocycles. The largest absolute Gasteiger partial charge is 0.357 e. The zero-order valence-corrected chi connectivity index (χ0v) is 13.1. The summed E-state index contributed by atoms with van der Waals surface area (Å²) in [6.45, 7) is 9.31. The van der Waals surface area contributed by atoms with Gasteiger partial charge in [-0.2, -0.15) is 0 Å². The van der Waals surface area contributed by atoms with Crippen molar-refractivity contribution in [1.82, 2.24) is 14.9 Å².